The number of fused-ring (bicyclic) bond motifs is 9. The third-order valence-corrected chi connectivity index (χ3v) is 10.4. The standard InChI is InChI=1S/C40H26N2S/c1-2-10-26(11-3-1)27-12-9-21-40(25-27,35-17-8-16-33-30-14-6-7-18-36(30)43-39(33)35)28-19-20-32-34(24-28)29-13-4-5-15-31(29)37-38(32)42-23-22-41-37/h1-24H,25H2. The Bertz CT molecular complexity index is 2400. The number of nitrogens with zero attached hydrogens (tertiary/aromatic N) is 2. The zero-order valence-electron chi connectivity index (χ0n) is 23.4. The predicted octanol–water partition coefficient (Wildman–Crippen LogP) is 10.6. The van der Waals surface area contributed by atoms with Gasteiger partial charge in [0.2, 0.25) is 0 Å². The molecule has 0 N–H and O–H groups in total. The van der Waals surface area contributed by atoms with E-state index in [4.69, 9.17) is 9.97 Å². The van der Waals surface area contributed by atoms with E-state index in [1.54, 1.807) is 12.4 Å². The summed E-state index contributed by atoms with van der Waals surface area (Å²) >= 11 is 1.91. The van der Waals surface area contributed by atoms with Crippen LogP contribution in [-0.4, -0.2) is 9.97 Å². The molecule has 0 spiro atoms. The van der Waals surface area contributed by atoms with Gasteiger partial charge in [-0.25, -0.2) is 0 Å². The Kier molecular flexibility index (Phi) is 5.38. The van der Waals surface area contributed by atoms with Crippen molar-refractivity contribution in [1.29, 1.82) is 0 Å². The van der Waals surface area contributed by atoms with Gasteiger partial charge in [0.1, 0.15) is 0 Å². The van der Waals surface area contributed by atoms with Crippen LogP contribution < -0.4 is 0 Å². The second-order valence-electron chi connectivity index (χ2n) is 11.4. The highest BCUT2D eigenvalue weighted by Gasteiger charge is 2.37. The maximum Gasteiger partial charge on any atom is 0.0971 e. The van der Waals surface area contributed by atoms with E-state index in [1.165, 1.54) is 53.2 Å². The third-order valence-electron chi connectivity index (χ3n) is 9.14. The Morgan fingerprint density at radius 2 is 1.28 bits per heavy atom. The lowest BCUT2D eigenvalue weighted by Crippen LogP contribution is -2.27. The topological polar surface area (TPSA) is 25.8 Å². The zero-order valence-corrected chi connectivity index (χ0v) is 24.2. The van der Waals surface area contributed by atoms with Crippen LogP contribution in [0, 0.1) is 0 Å². The van der Waals surface area contributed by atoms with Gasteiger partial charge in [-0.15, -0.1) is 11.3 Å². The number of aromatic nitrogens is 2. The first-order valence-corrected chi connectivity index (χ1v) is 15.5. The molecular weight excluding hydrogens is 541 g/mol. The van der Waals surface area contributed by atoms with Crippen molar-refractivity contribution in [3.8, 4) is 0 Å². The molecule has 0 amide bonds. The Morgan fingerprint density at radius 1 is 0.581 bits per heavy atom. The van der Waals surface area contributed by atoms with Gasteiger partial charge in [0.05, 0.1) is 11.0 Å². The molecule has 0 bridgehead atoms. The maximum absolute atomic E-state index is 4.81. The van der Waals surface area contributed by atoms with Crippen LogP contribution in [0.5, 0.6) is 0 Å². The van der Waals surface area contributed by atoms with E-state index in [0.29, 0.717) is 0 Å². The van der Waals surface area contributed by atoms with Crippen molar-refractivity contribution in [3.63, 3.8) is 0 Å². The first-order valence-electron chi connectivity index (χ1n) is 14.7. The number of allylic oxidation sites excluding steroid dienone is 4. The second kappa shape index (κ2) is 9.45. The number of benzene rings is 6. The van der Waals surface area contributed by atoms with Crippen molar-refractivity contribution in [2.45, 2.75) is 11.8 Å². The molecule has 1 unspecified atom stereocenters. The van der Waals surface area contributed by atoms with Crippen LogP contribution in [0.15, 0.2) is 146 Å². The van der Waals surface area contributed by atoms with Crippen molar-refractivity contribution < 1.29 is 0 Å². The quantitative estimate of drug-likeness (QED) is 0.199. The van der Waals surface area contributed by atoms with Gasteiger partial charge in [-0.3, -0.25) is 9.97 Å². The van der Waals surface area contributed by atoms with E-state index >= 15 is 0 Å². The van der Waals surface area contributed by atoms with Crippen molar-refractivity contribution in [3.05, 3.63) is 163 Å². The molecule has 202 valence electrons. The molecule has 3 heteroatoms. The summed E-state index contributed by atoms with van der Waals surface area (Å²) in [4.78, 5) is 9.56. The lowest BCUT2D eigenvalue weighted by Gasteiger charge is -2.36. The molecule has 0 saturated carbocycles. The maximum atomic E-state index is 4.81. The SMILES string of the molecule is C1=CC(c2ccc3c(c2)c2ccccc2c2nccnc32)(c2cccc3c2sc2ccccc23)CC(c2ccccc2)=C1. The monoisotopic (exact) mass is 566 g/mol. The molecule has 0 radical (unpaired) electrons. The van der Waals surface area contributed by atoms with Gasteiger partial charge in [-0.1, -0.05) is 121 Å². The molecule has 2 heterocycles. The molecule has 9 rings (SSSR count). The van der Waals surface area contributed by atoms with Crippen molar-refractivity contribution >= 4 is 69.7 Å². The highest BCUT2D eigenvalue weighted by Crippen LogP contribution is 2.50. The Labute approximate surface area is 253 Å². The van der Waals surface area contributed by atoms with Gasteiger partial charge in [0.25, 0.3) is 0 Å². The van der Waals surface area contributed by atoms with Crippen LogP contribution in [-0.2, 0) is 5.41 Å². The summed E-state index contributed by atoms with van der Waals surface area (Å²) in [6.45, 7) is 0. The van der Waals surface area contributed by atoms with Crippen molar-refractivity contribution in [2.75, 3.05) is 0 Å². The Hall–Kier alpha value is -5.12. The number of hydrogen-bond acceptors (Lipinski definition) is 3. The predicted molar refractivity (Wildman–Crippen MR) is 183 cm³/mol. The van der Waals surface area contributed by atoms with E-state index in [-0.39, 0.29) is 5.41 Å². The van der Waals surface area contributed by atoms with Crippen LogP contribution in [0.2, 0.25) is 0 Å². The van der Waals surface area contributed by atoms with Gasteiger partial charge in [-0.2, -0.15) is 0 Å². The van der Waals surface area contributed by atoms with Crippen LogP contribution in [0.25, 0.3) is 58.3 Å². The highest BCUT2D eigenvalue weighted by molar-refractivity contribution is 7.26. The fourth-order valence-electron chi connectivity index (χ4n) is 7.14. The van der Waals surface area contributed by atoms with Crippen LogP contribution in [0.1, 0.15) is 23.1 Å². The molecule has 8 aromatic rings. The molecule has 0 saturated heterocycles. The Balaban J connectivity index is 1.37. The normalized spacial score (nSPS) is 16.9. The Morgan fingerprint density at radius 3 is 2.12 bits per heavy atom. The van der Waals surface area contributed by atoms with Crippen LogP contribution in [0.4, 0.5) is 0 Å². The summed E-state index contributed by atoms with van der Waals surface area (Å²) in [5.41, 5.74) is 6.81. The van der Waals surface area contributed by atoms with Crippen molar-refractivity contribution in [2.24, 2.45) is 0 Å². The molecule has 1 atom stereocenters. The fraction of sp³-hybridized carbons (Fsp3) is 0.0500. The van der Waals surface area contributed by atoms with Crippen molar-refractivity contribution in [1.82, 2.24) is 9.97 Å². The first-order chi connectivity index (χ1) is 21.3. The molecule has 0 aliphatic heterocycles. The zero-order chi connectivity index (χ0) is 28.4. The van der Waals surface area contributed by atoms with Gasteiger partial charge in [-0.05, 0) is 51.6 Å². The van der Waals surface area contributed by atoms with Gasteiger partial charge in [0, 0.05) is 48.8 Å². The molecule has 1 aliphatic rings. The first kappa shape index (κ1) is 24.5. The van der Waals surface area contributed by atoms with Crippen LogP contribution >= 0.6 is 11.3 Å². The minimum absolute atomic E-state index is 0.354. The van der Waals surface area contributed by atoms with E-state index in [9.17, 15) is 0 Å². The van der Waals surface area contributed by atoms with E-state index < -0.39 is 0 Å². The third kappa shape index (κ3) is 3.65. The highest BCUT2D eigenvalue weighted by atomic mass is 32.1. The molecule has 0 fully saturated rings. The summed E-state index contributed by atoms with van der Waals surface area (Å²) in [5.74, 6) is 0. The number of hydrogen-bond donors (Lipinski definition) is 0. The van der Waals surface area contributed by atoms with Gasteiger partial charge in [0.15, 0.2) is 0 Å². The summed E-state index contributed by atoms with van der Waals surface area (Å²) in [6.07, 6.45) is 11.5. The lowest BCUT2D eigenvalue weighted by atomic mass is 9.67. The number of thiophene rings is 1. The summed E-state index contributed by atoms with van der Waals surface area (Å²) < 4.78 is 2.69. The molecule has 43 heavy (non-hydrogen) atoms. The summed E-state index contributed by atoms with van der Waals surface area (Å²) in [6, 6.07) is 42.1. The van der Waals surface area contributed by atoms with Gasteiger partial charge < -0.3 is 0 Å². The number of rotatable bonds is 3. The second-order valence-corrected chi connectivity index (χ2v) is 12.5. The lowest BCUT2D eigenvalue weighted by molar-refractivity contribution is 0.666. The van der Waals surface area contributed by atoms with E-state index in [1.807, 2.05) is 11.3 Å². The molecule has 6 aromatic carbocycles. The molecule has 2 nitrogen and oxygen atoms in total. The smallest absolute Gasteiger partial charge is 0.0971 e. The summed E-state index contributed by atoms with van der Waals surface area (Å²) in [5, 5.41) is 7.36. The minimum atomic E-state index is -0.354. The molecule has 2 aromatic heterocycles. The minimum Gasteiger partial charge on any atom is -0.252 e. The summed E-state index contributed by atoms with van der Waals surface area (Å²) in [7, 11) is 0. The fourth-order valence-corrected chi connectivity index (χ4v) is 8.44. The average Bonchev–Trinajstić information content (AvgIpc) is 3.47. The average molecular weight is 567 g/mol. The van der Waals surface area contributed by atoms with Crippen LogP contribution in [0.3, 0.4) is 0 Å². The van der Waals surface area contributed by atoms with Gasteiger partial charge >= 0.3 is 0 Å². The van der Waals surface area contributed by atoms with E-state index in [0.717, 1.165) is 28.2 Å². The molecular formula is C40H26N2S. The molecule has 1 aliphatic carbocycles. The largest absolute Gasteiger partial charge is 0.252 e. The van der Waals surface area contributed by atoms with E-state index in [2.05, 4.69) is 133 Å².